The molecule has 2 aromatic carbocycles. The normalized spacial score (nSPS) is 15.3. The number of aromatic nitrogens is 1. The van der Waals surface area contributed by atoms with Gasteiger partial charge in [0.2, 0.25) is 0 Å². The number of carbonyl (C=O) groups excluding carboxylic acids is 1. The topological polar surface area (TPSA) is 79.8 Å². The molecule has 0 unspecified atom stereocenters. The van der Waals surface area contributed by atoms with Crippen LogP contribution in [0.5, 0.6) is 0 Å². The van der Waals surface area contributed by atoms with E-state index in [1.54, 1.807) is 23.1 Å². The van der Waals surface area contributed by atoms with Crippen molar-refractivity contribution in [1.29, 1.82) is 0 Å². The Morgan fingerprint density at radius 1 is 1.23 bits per heavy atom. The number of morpholine rings is 1. The Kier molecular flexibility index (Phi) is 6.33. The van der Waals surface area contributed by atoms with Gasteiger partial charge in [0.25, 0.3) is 5.91 Å². The van der Waals surface area contributed by atoms with Crippen molar-refractivity contribution in [2.75, 3.05) is 50.5 Å². The molecule has 164 valence electrons. The second-order valence-corrected chi connectivity index (χ2v) is 10.3. The van der Waals surface area contributed by atoms with E-state index in [1.807, 2.05) is 0 Å². The van der Waals surface area contributed by atoms with Crippen LogP contribution in [-0.2, 0) is 14.6 Å². The second-order valence-electron chi connectivity index (χ2n) is 7.32. The Morgan fingerprint density at radius 3 is 2.74 bits per heavy atom. The molecule has 0 bridgehead atoms. The minimum Gasteiger partial charge on any atom is -0.379 e. The first-order chi connectivity index (χ1) is 14.8. The lowest BCUT2D eigenvalue weighted by Crippen LogP contribution is -2.43. The molecule has 3 aromatic rings. The van der Waals surface area contributed by atoms with Crippen LogP contribution in [0.15, 0.2) is 47.4 Å². The highest BCUT2D eigenvalue weighted by molar-refractivity contribution is 7.90. The van der Waals surface area contributed by atoms with Gasteiger partial charge in [-0.25, -0.2) is 17.8 Å². The molecule has 1 aromatic heterocycles. The first-order valence-electron chi connectivity index (χ1n) is 9.79. The van der Waals surface area contributed by atoms with Crippen molar-refractivity contribution in [3.8, 4) is 0 Å². The van der Waals surface area contributed by atoms with Gasteiger partial charge in [-0.3, -0.25) is 14.6 Å². The molecule has 0 atom stereocenters. The number of amides is 1. The minimum absolute atomic E-state index is 0.0813. The Morgan fingerprint density at radius 2 is 2.00 bits per heavy atom. The Balaban J connectivity index is 1.67. The average Bonchev–Trinajstić information content (AvgIpc) is 3.16. The standard InChI is InChI=1S/C21H22FN3O4S2/c1-31(27,28)17-4-2-3-15(13-17)20(26)25(8-7-24-9-11-29-12-10-24)21-23-18-6-5-16(22)14-19(18)30-21/h2-6,13-14H,7-12H2,1H3. The summed E-state index contributed by atoms with van der Waals surface area (Å²) in [4.78, 5) is 21.8. The van der Waals surface area contributed by atoms with Gasteiger partial charge in [0.05, 0.1) is 28.3 Å². The number of anilines is 1. The minimum atomic E-state index is -3.45. The molecule has 0 saturated carbocycles. The summed E-state index contributed by atoms with van der Waals surface area (Å²) in [5.74, 6) is -0.715. The molecule has 7 nitrogen and oxygen atoms in total. The number of hydrogen-bond donors (Lipinski definition) is 0. The Labute approximate surface area is 184 Å². The predicted octanol–water partition coefficient (Wildman–Crippen LogP) is 2.82. The number of fused-ring (bicyclic) bond motifs is 1. The molecule has 1 saturated heterocycles. The molecule has 1 aliphatic rings. The van der Waals surface area contributed by atoms with E-state index in [9.17, 15) is 17.6 Å². The van der Waals surface area contributed by atoms with Crippen LogP contribution in [-0.4, -0.2) is 69.9 Å². The van der Waals surface area contributed by atoms with Gasteiger partial charge in [-0.05, 0) is 36.4 Å². The number of sulfone groups is 1. The molecular formula is C21H22FN3O4S2. The number of ether oxygens (including phenoxy) is 1. The zero-order valence-electron chi connectivity index (χ0n) is 17.0. The van der Waals surface area contributed by atoms with Gasteiger partial charge in [-0.15, -0.1) is 0 Å². The summed E-state index contributed by atoms with van der Waals surface area (Å²) in [7, 11) is -3.45. The van der Waals surface area contributed by atoms with Crippen LogP contribution in [0.4, 0.5) is 9.52 Å². The maximum absolute atomic E-state index is 13.6. The van der Waals surface area contributed by atoms with Gasteiger partial charge < -0.3 is 4.74 Å². The fraction of sp³-hybridized carbons (Fsp3) is 0.333. The Bertz CT molecular complexity index is 1210. The van der Waals surface area contributed by atoms with Gasteiger partial charge in [0.1, 0.15) is 5.82 Å². The lowest BCUT2D eigenvalue weighted by Gasteiger charge is -2.29. The number of hydrogen-bond acceptors (Lipinski definition) is 7. The maximum Gasteiger partial charge on any atom is 0.260 e. The summed E-state index contributed by atoms with van der Waals surface area (Å²) >= 11 is 1.23. The number of halogens is 1. The van der Waals surface area contributed by atoms with Crippen molar-refractivity contribution < 1.29 is 22.3 Å². The van der Waals surface area contributed by atoms with E-state index in [0.29, 0.717) is 41.7 Å². The third-order valence-corrected chi connectivity index (χ3v) is 7.22. The molecule has 0 N–H and O–H groups in total. The number of benzene rings is 2. The molecular weight excluding hydrogens is 441 g/mol. The highest BCUT2D eigenvalue weighted by Gasteiger charge is 2.24. The highest BCUT2D eigenvalue weighted by Crippen LogP contribution is 2.30. The lowest BCUT2D eigenvalue weighted by molar-refractivity contribution is 0.0391. The number of nitrogens with zero attached hydrogens (tertiary/aromatic N) is 3. The van der Waals surface area contributed by atoms with Crippen molar-refractivity contribution in [1.82, 2.24) is 9.88 Å². The molecule has 2 heterocycles. The number of carbonyl (C=O) groups is 1. The SMILES string of the molecule is CS(=O)(=O)c1cccc(C(=O)N(CCN2CCOCC2)c2nc3ccc(F)cc3s2)c1. The zero-order valence-corrected chi connectivity index (χ0v) is 18.6. The van der Waals surface area contributed by atoms with Crippen LogP contribution in [0.2, 0.25) is 0 Å². The number of rotatable bonds is 6. The van der Waals surface area contributed by atoms with Crippen molar-refractivity contribution in [3.63, 3.8) is 0 Å². The van der Waals surface area contributed by atoms with Crippen molar-refractivity contribution in [2.45, 2.75) is 4.90 Å². The van der Waals surface area contributed by atoms with Crippen LogP contribution < -0.4 is 4.90 Å². The van der Waals surface area contributed by atoms with Crippen molar-refractivity contribution >= 4 is 42.4 Å². The van der Waals surface area contributed by atoms with E-state index in [1.165, 1.54) is 35.6 Å². The lowest BCUT2D eigenvalue weighted by atomic mass is 10.2. The quantitative estimate of drug-likeness (QED) is 0.559. The van der Waals surface area contributed by atoms with Gasteiger partial charge >= 0.3 is 0 Å². The largest absolute Gasteiger partial charge is 0.379 e. The summed E-state index contributed by atoms with van der Waals surface area (Å²) in [6.07, 6.45) is 1.11. The molecule has 31 heavy (non-hydrogen) atoms. The molecule has 1 fully saturated rings. The van der Waals surface area contributed by atoms with Crippen LogP contribution >= 0.6 is 11.3 Å². The summed E-state index contributed by atoms with van der Waals surface area (Å²) in [5.41, 5.74) is 0.866. The average molecular weight is 464 g/mol. The van der Waals surface area contributed by atoms with Crippen LogP contribution in [0.25, 0.3) is 10.2 Å². The van der Waals surface area contributed by atoms with E-state index < -0.39 is 9.84 Å². The summed E-state index contributed by atoms with van der Waals surface area (Å²) in [6, 6.07) is 10.3. The van der Waals surface area contributed by atoms with Crippen molar-refractivity contribution in [2.24, 2.45) is 0 Å². The van der Waals surface area contributed by atoms with Gasteiger partial charge in [-0.1, -0.05) is 17.4 Å². The fourth-order valence-corrected chi connectivity index (χ4v) is 5.05. The molecule has 1 amide bonds. The molecule has 1 aliphatic heterocycles. The second kappa shape index (κ2) is 8.99. The molecule has 0 aliphatic carbocycles. The fourth-order valence-electron chi connectivity index (χ4n) is 3.37. The van der Waals surface area contributed by atoms with E-state index in [4.69, 9.17) is 4.74 Å². The molecule has 4 rings (SSSR count). The smallest absolute Gasteiger partial charge is 0.260 e. The van der Waals surface area contributed by atoms with E-state index in [0.717, 1.165) is 19.3 Å². The van der Waals surface area contributed by atoms with E-state index in [-0.39, 0.29) is 22.2 Å². The molecule has 10 heteroatoms. The number of thiazole rings is 1. The van der Waals surface area contributed by atoms with Crippen LogP contribution in [0.1, 0.15) is 10.4 Å². The maximum atomic E-state index is 13.6. The van der Waals surface area contributed by atoms with Crippen molar-refractivity contribution in [3.05, 3.63) is 53.8 Å². The van der Waals surface area contributed by atoms with Gasteiger partial charge in [0, 0.05) is 38.0 Å². The van der Waals surface area contributed by atoms with Gasteiger partial charge in [-0.2, -0.15) is 0 Å². The predicted molar refractivity (Wildman–Crippen MR) is 118 cm³/mol. The zero-order chi connectivity index (χ0) is 22.0. The first-order valence-corrected chi connectivity index (χ1v) is 12.5. The summed E-state index contributed by atoms with van der Waals surface area (Å²) in [6.45, 7) is 3.82. The third-order valence-electron chi connectivity index (χ3n) is 5.07. The van der Waals surface area contributed by atoms with Gasteiger partial charge in [0.15, 0.2) is 15.0 Å². The van der Waals surface area contributed by atoms with Crippen LogP contribution in [0.3, 0.4) is 0 Å². The summed E-state index contributed by atoms with van der Waals surface area (Å²) in [5, 5.41) is 0.448. The van der Waals surface area contributed by atoms with E-state index in [2.05, 4.69) is 9.88 Å². The summed E-state index contributed by atoms with van der Waals surface area (Å²) < 4.78 is 43.5. The highest BCUT2D eigenvalue weighted by atomic mass is 32.2. The van der Waals surface area contributed by atoms with Crippen LogP contribution in [0, 0.1) is 5.82 Å². The Hall–Kier alpha value is -2.40. The molecule has 0 radical (unpaired) electrons. The first kappa shape index (κ1) is 21.8. The van der Waals surface area contributed by atoms with E-state index >= 15 is 0 Å². The monoisotopic (exact) mass is 463 g/mol. The molecule has 0 spiro atoms. The third kappa shape index (κ3) is 5.09.